The first-order chi connectivity index (χ1) is 26.2. The molecule has 0 fully saturated rings. The van der Waals surface area contributed by atoms with Crippen molar-refractivity contribution >= 4 is 27.5 Å². The molecule has 0 aliphatic heterocycles. The Labute approximate surface area is 306 Å². The average Bonchev–Trinajstić information content (AvgIpc) is 3.64. The van der Waals surface area contributed by atoms with Gasteiger partial charge in [0.25, 0.3) is 0 Å². The standard InChI is InChI=1S/C48H31N5/c1-3-11-32(12-4-1)34-19-25-37(26-20-34)46-50-47(38-27-21-35(22-28-38)33-13-5-2-6-14-33)52-48(51-46)39-29-23-36(24-30-39)45-44-31-40-15-7-9-17-42(40)53(44)43-18-10-8-16-41(43)49-45/h1-31H. The van der Waals surface area contributed by atoms with Crippen LogP contribution in [0.1, 0.15) is 0 Å². The summed E-state index contributed by atoms with van der Waals surface area (Å²) >= 11 is 0. The molecular formula is C48H31N5. The minimum Gasteiger partial charge on any atom is -0.306 e. The Balaban J connectivity index is 1.07. The van der Waals surface area contributed by atoms with Crippen LogP contribution in [-0.2, 0) is 0 Å². The molecule has 0 saturated heterocycles. The second-order valence-corrected chi connectivity index (χ2v) is 13.1. The van der Waals surface area contributed by atoms with Gasteiger partial charge in [-0.25, -0.2) is 19.9 Å². The molecule has 248 valence electrons. The molecule has 0 bridgehead atoms. The molecule has 53 heavy (non-hydrogen) atoms. The van der Waals surface area contributed by atoms with E-state index >= 15 is 0 Å². The van der Waals surface area contributed by atoms with Crippen molar-refractivity contribution in [2.45, 2.75) is 0 Å². The Kier molecular flexibility index (Phi) is 7.40. The molecule has 0 amide bonds. The molecule has 0 aliphatic rings. The molecule has 0 radical (unpaired) electrons. The van der Waals surface area contributed by atoms with Crippen LogP contribution in [0, 0.1) is 0 Å². The Morgan fingerprint density at radius 2 is 0.679 bits per heavy atom. The first-order valence-electron chi connectivity index (χ1n) is 17.7. The Hall–Kier alpha value is -7.24. The van der Waals surface area contributed by atoms with E-state index in [-0.39, 0.29) is 0 Å². The van der Waals surface area contributed by atoms with Gasteiger partial charge in [-0.05, 0) is 46.5 Å². The fourth-order valence-electron chi connectivity index (χ4n) is 7.15. The summed E-state index contributed by atoms with van der Waals surface area (Å²) in [6, 6.07) is 65.1. The van der Waals surface area contributed by atoms with E-state index in [0.29, 0.717) is 17.5 Å². The van der Waals surface area contributed by atoms with Crippen molar-refractivity contribution in [1.29, 1.82) is 0 Å². The highest BCUT2D eigenvalue weighted by Crippen LogP contribution is 2.34. The molecule has 5 nitrogen and oxygen atoms in total. The molecule has 10 aromatic rings. The number of para-hydroxylation sites is 3. The highest BCUT2D eigenvalue weighted by molar-refractivity contribution is 5.98. The van der Waals surface area contributed by atoms with Gasteiger partial charge in [-0.15, -0.1) is 0 Å². The zero-order valence-electron chi connectivity index (χ0n) is 28.6. The maximum Gasteiger partial charge on any atom is 0.164 e. The molecule has 7 aromatic carbocycles. The number of hydrogen-bond donors (Lipinski definition) is 0. The van der Waals surface area contributed by atoms with Crippen LogP contribution in [0.25, 0.3) is 95.1 Å². The average molecular weight is 678 g/mol. The maximum absolute atomic E-state index is 5.17. The molecule has 3 aromatic heterocycles. The van der Waals surface area contributed by atoms with Gasteiger partial charge in [0.2, 0.25) is 0 Å². The van der Waals surface area contributed by atoms with E-state index < -0.39 is 0 Å². The third-order valence-corrected chi connectivity index (χ3v) is 9.86. The quantitative estimate of drug-likeness (QED) is 0.176. The lowest BCUT2D eigenvalue weighted by Crippen LogP contribution is -2.00. The van der Waals surface area contributed by atoms with Crippen LogP contribution in [0.3, 0.4) is 0 Å². The molecule has 0 spiro atoms. The summed E-state index contributed by atoms with van der Waals surface area (Å²) in [5, 5.41) is 1.18. The van der Waals surface area contributed by atoms with Gasteiger partial charge in [-0.3, -0.25) is 0 Å². The van der Waals surface area contributed by atoms with E-state index in [9.17, 15) is 0 Å². The van der Waals surface area contributed by atoms with Crippen molar-refractivity contribution in [3.8, 4) is 67.7 Å². The third-order valence-electron chi connectivity index (χ3n) is 9.86. The number of aromatic nitrogens is 5. The van der Waals surface area contributed by atoms with Crippen molar-refractivity contribution in [2.24, 2.45) is 0 Å². The predicted molar refractivity (Wildman–Crippen MR) is 216 cm³/mol. The first kappa shape index (κ1) is 30.6. The van der Waals surface area contributed by atoms with Crippen LogP contribution in [0.2, 0.25) is 0 Å². The summed E-state index contributed by atoms with van der Waals surface area (Å²) in [7, 11) is 0. The zero-order valence-corrected chi connectivity index (χ0v) is 28.6. The zero-order chi connectivity index (χ0) is 35.1. The van der Waals surface area contributed by atoms with E-state index in [0.717, 1.165) is 61.1 Å². The van der Waals surface area contributed by atoms with E-state index in [1.807, 2.05) is 18.2 Å². The van der Waals surface area contributed by atoms with Gasteiger partial charge in [0.15, 0.2) is 17.5 Å². The Morgan fingerprint density at radius 3 is 1.21 bits per heavy atom. The van der Waals surface area contributed by atoms with E-state index in [1.54, 1.807) is 0 Å². The minimum atomic E-state index is 0.612. The summed E-state index contributed by atoms with van der Waals surface area (Å²) in [4.78, 5) is 20.3. The normalized spacial score (nSPS) is 11.4. The van der Waals surface area contributed by atoms with Gasteiger partial charge in [-0.1, -0.05) is 164 Å². The topological polar surface area (TPSA) is 56.0 Å². The molecule has 0 aliphatic carbocycles. The van der Waals surface area contributed by atoms with Gasteiger partial charge >= 0.3 is 0 Å². The van der Waals surface area contributed by atoms with Gasteiger partial charge in [0, 0.05) is 27.6 Å². The molecule has 10 rings (SSSR count). The molecule has 0 saturated carbocycles. The summed E-state index contributed by atoms with van der Waals surface area (Å²) in [6.07, 6.45) is 0. The minimum absolute atomic E-state index is 0.612. The van der Waals surface area contributed by atoms with Crippen molar-refractivity contribution in [3.63, 3.8) is 0 Å². The number of benzene rings is 7. The second-order valence-electron chi connectivity index (χ2n) is 13.1. The smallest absolute Gasteiger partial charge is 0.164 e. The fraction of sp³-hybridized carbons (Fsp3) is 0. The van der Waals surface area contributed by atoms with Crippen molar-refractivity contribution < 1.29 is 0 Å². The molecular weight excluding hydrogens is 647 g/mol. The molecule has 5 heteroatoms. The highest BCUT2D eigenvalue weighted by Gasteiger charge is 2.16. The number of rotatable bonds is 6. The van der Waals surface area contributed by atoms with E-state index in [4.69, 9.17) is 19.9 Å². The summed E-state index contributed by atoms with van der Waals surface area (Å²) in [5.74, 6) is 1.86. The molecule has 0 N–H and O–H groups in total. The first-order valence-corrected chi connectivity index (χ1v) is 17.7. The van der Waals surface area contributed by atoms with Crippen LogP contribution in [-0.4, -0.2) is 24.3 Å². The monoisotopic (exact) mass is 677 g/mol. The van der Waals surface area contributed by atoms with Gasteiger partial charge < -0.3 is 4.40 Å². The van der Waals surface area contributed by atoms with Crippen molar-refractivity contribution in [2.75, 3.05) is 0 Å². The largest absolute Gasteiger partial charge is 0.306 e. The van der Waals surface area contributed by atoms with Crippen LogP contribution >= 0.6 is 0 Å². The summed E-state index contributed by atoms with van der Waals surface area (Å²) in [6.45, 7) is 0. The molecule has 0 unspecified atom stereocenters. The lowest BCUT2D eigenvalue weighted by atomic mass is 10.0. The summed E-state index contributed by atoms with van der Waals surface area (Å²) in [5.41, 5.74) is 13.6. The SMILES string of the molecule is c1ccc(-c2ccc(-c3nc(-c4ccc(-c5ccccc5)cc4)nc(-c4ccc(-c5nc6ccccc6n6c5cc5ccccc56)cc4)n3)cc2)cc1. The maximum atomic E-state index is 5.17. The van der Waals surface area contributed by atoms with Crippen LogP contribution in [0.5, 0.6) is 0 Å². The highest BCUT2D eigenvalue weighted by atomic mass is 15.0. The van der Waals surface area contributed by atoms with E-state index in [1.165, 1.54) is 16.5 Å². The summed E-state index contributed by atoms with van der Waals surface area (Å²) < 4.78 is 2.32. The number of fused-ring (bicyclic) bond motifs is 5. The molecule has 0 atom stereocenters. The van der Waals surface area contributed by atoms with Crippen LogP contribution in [0.4, 0.5) is 0 Å². The van der Waals surface area contributed by atoms with Crippen molar-refractivity contribution in [1.82, 2.24) is 24.3 Å². The second kappa shape index (κ2) is 12.8. The van der Waals surface area contributed by atoms with Gasteiger partial charge in [-0.2, -0.15) is 0 Å². The Morgan fingerprint density at radius 1 is 0.283 bits per heavy atom. The number of hydrogen-bond acceptors (Lipinski definition) is 4. The lowest BCUT2D eigenvalue weighted by Gasteiger charge is -2.11. The predicted octanol–water partition coefficient (Wildman–Crippen LogP) is 11.8. The van der Waals surface area contributed by atoms with Crippen molar-refractivity contribution in [3.05, 3.63) is 188 Å². The number of nitrogens with zero attached hydrogens (tertiary/aromatic N) is 5. The van der Waals surface area contributed by atoms with Crippen LogP contribution in [0.15, 0.2) is 188 Å². The fourth-order valence-corrected chi connectivity index (χ4v) is 7.15. The van der Waals surface area contributed by atoms with Gasteiger partial charge in [0.05, 0.1) is 27.8 Å². The van der Waals surface area contributed by atoms with Gasteiger partial charge in [0.1, 0.15) is 0 Å². The third kappa shape index (κ3) is 5.61. The van der Waals surface area contributed by atoms with E-state index in [2.05, 4.69) is 174 Å². The lowest BCUT2D eigenvalue weighted by molar-refractivity contribution is 1.07. The Bertz CT molecular complexity index is 2800. The van der Waals surface area contributed by atoms with Crippen LogP contribution < -0.4 is 0 Å². The molecule has 3 heterocycles.